The van der Waals surface area contributed by atoms with E-state index in [0.717, 1.165) is 32.7 Å². The average Bonchev–Trinajstić information content (AvgIpc) is 2.57. The highest BCUT2D eigenvalue weighted by atomic mass is 16.5. The number of carbonyl (C=O) groups excluding carboxylic acids is 1. The van der Waals surface area contributed by atoms with E-state index in [0.29, 0.717) is 13.2 Å². The summed E-state index contributed by atoms with van der Waals surface area (Å²) in [7, 11) is 1.80. The first-order valence-electron chi connectivity index (χ1n) is 6.28. The van der Waals surface area contributed by atoms with Gasteiger partial charge in [-0.1, -0.05) is 0 Å². The highest BCUT2D eigenvalue weighted by Crippen LogP contribution is 2.11. The fraction of sp³-hybridized carbons (Fsp3) is 0.917. The first-order valence-corrected chi connectivity index (χ1v) is 6.28. The number of rotatable bonds is 5. The summed E-state index contributed by atoms with van der Waals surface area (Å²) in [6.07, 6.45) is 1.02. The molecule has 1 rings (SSSR count). The minimum absolute atomic E-state index is 0.187. The van der Waals surface area contributed by atoms with Crippen molar-refractivity contribution in [1.29, 1.82) is 0 Å². The molecule has 0 aromatic heterocycles. The third kappa shape index (κ3) is 4.26. The summed E-state index contributed by atoms with van der Waals surface area (Å²) in [5, 5.41) is 3.07. The zero-order valence-corrected chi connectivity index (χ0v) is 11.1. The highest BCUT2D eigenvalue weighted by Gasteiger charge is 2.35. The molecule has 1 saturated heterocycles. The van der Waals surface area contributed by atoms with Crippen LogP contribution in [-0.2, 0) is 14.3 Å². The minimum atomic E-state index is -0.639. The van der Waals surface area contributed by atoms with Crippen LogP contribution in [-0.4, -0.2) is 62.9 Å². The first kappa shape index (κ1) is 14.4. The van der Waals surface area contributed by atoms with Crippen LogP contribution in [0.4, 0.5) is 0 Å². The van der Waals surface area contributed by atoms with E-state index >= 15 is 0 Å². The van der Waals surface area contributed by atoms with Crippen LogP contribution in [0.5, 0.6) is 0 Å². The highest BCUT2D eigenvalue weighted by molar-refractivity contribution is 5.80. The molecule has 1 N–H and O–H groups in total. The Morgan fingerprint density at radius 1 is 1.47 bits per heavy atom. The maximum Gasteiger partial charge on any atom is 0.327 e. The van der Waals surface area contributed by atoms with Crippen molar-refractivity contribution in [2.75, 3.05) is 46.5 Å². The van der Waals surface area contributed by atoms with Gasteiger partial charge in [-0.15, -0.1) is 0 Å². The van der Waals surface area contributed by atoms with Crippen LogP contribution in [0.25, 0.3) is 0 Å². The number of ether oxygens (including phenoxy) is 2. The third-order valence-electron chi connectivity index (χ3n) is 3.13. The van der Waals surface area contributed by atoms with Crippen molar-refractivity contribution in [1.82, 2.24) is 10.2 Å². The molecule has 1 fully saturated rings. The van der Waals surface area contributed by atoms with Crippen LogP contribution >= 0.6 is 0 Å². The second-order valence-electron chi connectivity index (χ2n) is 4.54. The summed E-state index contributed by atoms with van der Waals surface area (Å²) in [6, 6.07) is 0. The second-order valence-corrected chi connectivity index (χ2v) is 4.54. The maximum absolute atomic E-state index is 11.9. The maximum atomic E-state index is 11.9. The van der Waals surface area contributed by atoms with Gasteiger partial charge >= 0.3 is 5.97 Å². The average molecular weight is 244 g/mol. The Morgan fingerprint density at radius 3 is 2.88 bits per heavy atom. The second kappa shape index (κ2) is 6.93. The largest absolute Gasteiger partial charge is 0.465 e. The minimum Gasteiger partial charge on any atom is -0.465 e. The molecular formula is C12H24N2O3. The van der Waals surface area contributed by atoms with Gasteiger partial charge < -0.3 is 14.8 Å². The van der Waals surface area contributed by atoms with E-state index in [1.165, 1.54) is 0 Å². The van der Waals surface area contributed by atoms with Gasteiger partial charge in [0.1, 0.15) is 5.54 Å². The lowest BCUT2D eigenvalue weighted by atomic mass is 10.0. The van der Waals surface area contributed by atoms with Gasteiger partial charge in [-0.3, -0.25) is 9.69 Å². The molecule has 1 heterocycles. The first-order chi connectivity index (χ1) is 8.12. The van der Waals surface area contributed by atoms with Gasteiger partial charge in [0.25, 0.3) is 0 Å². The molecule has 0 bridgehead atoms. The Kier molecular flexibility index (Phi) is 5.88. The number of hydrogen-bond acceptors (Lipinski definition) is 5. The third-order valence-corrected chi connectivity index (χ3v) is 3.13. The summed E-state index contributed by atoms with van der Waals surface area (Å²) in [5.74, 6) is -0.187. The Balaban J connectivity index is 2.56. The lowest BCUT2D eigenvalue weighted by Crippen LogP contribution is -2.56. The molecule has 17 heavy (non-hydrogen) atoms. The molecule has 1 aliphatic heterocycles. The SMILES string of the molecule is CCOC(=O)C(C)(CN1CCCOCC1)NC. The summed E-state index contributed by atoms with van der Waals surface area (Å²) in [4.78, 5) is 14.2. The topological polar surface area (TPSA) is 50.8 Å². The fourth-order valence-electron chi connectivity index (χ4n) is 1.94. The monoisotopic (exact) mass is 244 g/mol. The molecule has 0 spiro atoms. The number of hydrogen-bond donors (Lipinski definition) is 1. The van der Waals surface area contributed by atoms with Crippen LogP contribution in [0.2, 0.25) is 0 Å². The quantitative estimate of drug-likeness (QED) is 0.703. The van der Waals surface area contributed by atoms with Crippen LogP contribution in [0.3, 0.4) is 0 Å². The molecule has 1 atom stereocenters. The molecular weight excluding hydrogens is 220 g/mol. The van der Waals surface area contributed by atoms with Crippen molar-refractivity contribution in [3.8, 4) is 0 Å². The van der Waals surface area contributed by atoms with Gasteiger partial charge in [0, 0.05) is 26.2 Å². The molecule has 0 aromatic rings. The van der Waals surface area contributed by atoms with E-state index < -0.39 is 5.54 Å². The van der Waals surface area contributed by atoms with Crippen molar-refractivity contribution in [2.24, 2.45) is 0 Å². The van der Waals surface area contributed by atoms with Crippen molar-refractivity contribution in [2.45, 2.75) is 25.8 Å². The molecule has 0 radical (unpaired) electrons. The summed E-state index contributed by atoms with van der Waals surface area (Å²) >= 11 is 0. The molecule has 100 valence electrons. The van der Waals surface area contributed by atoms with E-state index in [9.17, 15) is 4.79 Å². The molecule has 1 unspecified atom stereocenters. The number of likely N-dealkylation sites (N-methyl/N-ethyl adjacent to an activating group) is 1. The summed E-state index contributed by atoms with van der Waals surface area (Å²) in [5.41, 5.74) is -0.639. The predicted octanol–water partition coefficient (Wildman–Crippen LogP) is 0.250. The van der Waals surface area contributed by atoms with Gasteiger partial charge in [-0.05, 0) is 27.3 Å². The molecule has 5 nitrogen and oxygen atoms in total. The van der Waals surface area contributed by atoms with Crippen LogP contribution in [0.1, 0.15) is 20.3 Å². The molecule has 0 amide bonds. The van der Waals surface area contributed by atoms with Gasteiger partial charge in [0.2, 0.25) is 0 Å². The molecule has 0 saturated carbocycles. The Hall–Kier alpha value is -0.650. The van der Waals surface area contributed by atoms with Crippen molar-refractivity contribution < 1.29 is 14.3 Å². The number of esters is 1. The Bertz CT molecular complexity index is 240. The van der Waals surface area contributed by atoms with E-state index in [1.807, 2.05) is 13.8 Å². The molecule has 0 aromatic carbocycles. The Labute approximate surface area is 103 Å². The van der Waals surface area contributed by atoms with Crippen molar-refractivity contribution in [3.63, 3.8) is 0 Å². The van der Waals surface area contributed by atoms with E-state index in [2.05, 4.69) is 10.2 Å². The number of carbonyl (C=O) groups is 1. The zero-order valence-electron chi connectivity index (χ0n) is 11.1. The van der Waals surface area contributed by atoms with Gasteiger partial charge in [-0.2, -0.15) is 0 Å². The Morgan fingerprint density at radius 2 is 2.24 bits per heavy atom. The van der Waals surface area contributed by atoms with Crippen LogP contribution < -0.4 is 5.32 Å². The lowest BCUT2D eigenvalue weighted by Gasteiger charge is -2.32. The van der Waals surface area contributed by atoms with E-state index in [-0.39, 0.29) is 5.97 Å². The predicted molar refractivity (Wildman–Crippen MR) is 66.0 cm³/mol. The standard InChI is InChI=1S/C12H24N2O3/c1-4-17-11(15)12(2,13-3)10-14-6-5-8-16-9-7-14/h13H,4-10H2,1-3H3. The van der Waals surface area contributed by atoms with E-state index in [1.54, 1.807) is 7.05 Å². The molecule has 1 aliphatic rings. The van der Waals surface area contributed by atoms with Crippen LogP contribution in [0.15, 0.2) is 0 Å². The zero-order chi connectivity index (χ0) is 12.7. The number of nitrogens with one attached hydrogen (secondary N) is 1. The normalized spacial score (nSPS) is 21.6. The lowest BCUT2D eigenvalue weighted by molar-refractivity contribution is -0.151. The van der Waals surface area contributed by atoms with Crippen LogP contribution in [0, 0.1) is 0 Å². The summed E-state index contributed by atoms with van der Waals surface area (Å²) < 4.78 is 10.5. The van der Waals surface area contributed by atoms with Gasteiger partial charge in [0.15, 0.2) is 0 Å². The van der Waals surface area contributed by atoms with Crippen molar-refractivity contribution >= 4 is 5.97 Å². The molecule has 0 aliphatic carbocycles. The number of nitrogens with zero attached hydrogens (tertiary/aromatic N) is 1. The summed E-state index contributed by atoms with van der Waals surface area (Å²) in [6.45, 7) is 8.18. The van der Waals surface area contributed by atoms with Gasteiger partial charge in [-0.25, -0.2) is 0 Å². The van der Waals surface area contributed by atoms with Crippen molar-refractivity contribution in [3.05, 3.63) is 0 Å². The fourth-order valence-corrected chi connectivity index (χ4v) is 1.94. The van der Waals surface area contributed by atoms with Gasteiger partial charge in [0.05, 0.1) is 13.2 Å². The smallest absolute Gasteiger partial charge is 0.327 e. The van der Waals surface area contributed by atoms with E-state index in [4.69, 9.17) is 9.47 Å². The molecule has 5 heteroatoms.